The van der Waals surface area contributed by atoms with E-state index in [9.17, 15) is 9.90 Å². The first-order chi connectivity index (χ1) is 12.9. The average Bonchev–Trinajstić information content (AvgIpc) is 3.00. The van der Waals surface area contributed by atoms with Crippen molar-refractivity contribution >= 4 is 5.91 Å². The van der Waals surface area contributed by atoms with Crippen LogP contribution in [0.15, 0.2) is 30.3 Å². The molecule has 0 spiro atoms. The van der Waals surface area contributed by atoms with Crippen LogP contribution in [-0.4, -0.2) is 68.9 Å². The van der Waals surface area contributed by atoms with Crippen LogP contribution in [0.5, 0.6) is 0 Å². The molecule has 146 valence electrons. The van der Waals surface area contributed by atoms with Gasteiger partial charge in [0.1, 0.15) is 11.6 Å². The normalized spacial score (nSPS) is 20.3. The number of hydrogen-bond acceptors (Lipinski definition) is 5. The van der Waals surface area contributed by atoms with Crippen LogP contribution >= 0.6 is 0 Å². The molecule has 0 bridgehead atoms. The van der Waals surface area contributed by atoms with E-state index in [1.165, 1.54) is 0 Å². The molecule has 1 aliphatic rings. The highest BCUT2D eigenvalue weighted by Gasteiger charge is 2.38. The molecule has 1 atom stereocenters. The number of nitrogens with zero attached hydrogens (tertiary/aromatic N) is 5. The van der Waals surface area contributed by atoms with Crippen molar-refractivity contribution in [2.24, 2.45) is 7.05 Å². The Labute approximate surface area is 160 Å². The number of likely N-dealkylation sites (N-methyl/N-ethyl adjacent to an activating group) is 1. The number of aliphatic hydroxyl groups excluding tert-OH is 1. The van der Waals surface area contributed by atoms with Gasteiger partial charge in [0.2, 0.25) is 5.91 Å². The largest absolute Gasteiger partial charge is 0.395 e. The van der Waals surface area contributed by atoms with E-state index >= 15 is 0 Å². The van der Waals surface area contributed by atoms with Gasteiger partial charge in [-0.05, 0) is 32.4 Å². The third-order valence-electron chi connectivity index (χ3n) is 5.62. The summed E-state index contributed by atoms with van der Waals surface area (Å²) in [5, 5.41) is 18.4. The minimum Gasteiger partial charge on any atom is -0.395 e. The highest BCUT2D eigenvalue weighted by molar-refractivity contribution is 5.78. The fourth-order valence-electron chi connectivity index (χ4n) is 3.81. The molecule has 0 radical (unpaired) electrons. The van der Waals surface area contributed by atoms with Crippen LogP contribution in [0.3, 0.4) is 0 Å². The van der Waals surface area contributed by atoms with E-state index in [-0.39, 0.29) is 17.9 Å². The van der Waals surface area contributed by atoms with Crippen molar-refractivity contribution in [1.82, 2.24) is 24.6 Å². The summed E-state index contributed by atoms with van der Waals surface area (Å²) in [6, 6.07) is 10.1. The van der Waals surface area contributed by atoms with Crippen LogP contribution in [-0.2, 0) is 23.8 Å². The molecule has 27 heavy (non-hydrogen) atoms. The van der Waals surface area contributed by atoms with Gasteiger partial charge in [-0.2, -0.15) is 0 Å². The van der Waals surface area contributed by atoms with E-state index < -0.39 is 0 Å². The van der Waals surface area contributed by atoms with E-state index in [1.807, 2.05) is 65.7 Å². The van der Waals surface area contributed by atoms with Gasteiger partial charge in [0.25, 0.3) is 0 Å². The number of aliphatic hydroxyl groups is 1. The van der Waals surface area contributed by atoms with Gasteiger partial charge in [0.05, 0.1) is 19.7 Å². The zero-order valence-electron chi connectivity index (χ0n) is 16.4. The number of hydrogen-bond donors (Lipinski definition) is 1. The summed E-state index contributed by atoms with van der Waals surface area (Å²) in [7, 11) is 3.85. The minimum absolute atomic E-state index is 0.0504. The van der Waals surface area contributed by atoms with Crippen molar-refractivity contribution in [2.75, 3.05) is 33.3 Å². The molecule has 1 unspecified atom stereocenters. The molecule has 1 amide bonds. The molecule has 1 aromatic heterocycles. The summed E-state index contributed by atoms with van der Waals surface area (Å²) >= 11 is 0. The number of piperidine rings is 1. The van der Waals surface area contributed by atoms with Gasteiger partial charge in [-0.25, -0.2) is 0 Å². The summed E-state index contributed by atoms with van der Waals surface area (Å²) < 4.78 is 1.94. The first kappa shape index (κ1) is 19.5. The Balaban J connectivity index is 1.65. The Kier molecular flexibility index (Phi) is 5.92. The maximum absolute atomic E-state index is 12.9. The van der Waals surface area contributed by atoms with Gasteiger partial charge >= 0.3 is 0 Å². The van der Waals surface area contributed by atoms with Crippen molar-refractivity contribution in [1.29, 1.82) is 0 Å². The van der Waals surface area contributed by atoms with E-state index in [0.717, 1.165) is 36.6 Å². The van der Waals surface area contributed by atoms with Gasteiger partial charge in [0.15, 0.2) is 0 Å². The molecule has 7 heteroatoms. The lowest BCUT2D eigenvalue weighted by Crippen LogP contribution is -2.52. The summed E-state index contributed by atoms with van der Waals surface area (Å²) in [6.45, 7) is 4.15. The number of aryl methyl sites for hydroxylation is 1. The first-order valence-corrected chi connectivity index (χ1v) is 9.43. The van der Waals surface area contributed by atoms with E-state index in [1.54, 1.807) is 0 Å². The number of rotatable bonds is 6. The van der Waals surface area contributed by atoms with E-state index in [4.69, 9.17) is 0 Å². The number of carbonyl (C=O) groups excluding carboxylic acids is 1. The molecule has 1 aliphatic heterocycles. The molecule has 1 saturated heterocycles. The highest BCUT2D eigenvalue weighted by Crippen LogP contribution is 2.33. The van der Waals surface area contributed by atoms with Crippen LogP contribution in [0.2, 0.25) is 0 Å². The third-order valence-corrected chi connectivity index (χ3v) is 5.62. The van der Waals surface area contributed by atoms with Gasteiger partial charge in [0, 0.05) is 25.6 Å². The molecule has 0 aliphatic carbocycles. The van der Waals surface area contributed by atoms with Crippen LogP contribution in [0.25, 0.3) is 0 Å². The summed E-state index contributed by atoms with van der Waals surface area (Å²) in [5.41, 5.74) is 0.738. The Hall–Kier alpha value is -2.25. The Bertz CT molecular complexity index is 776. The summed E-state index contributed by atoms with van der Waals surface area (Å²) in [4.78, 5) is 16.7. The summed E-state index contributed by atoms with van der Waals surface area (Å²) in [6.07, 6.45) is 1.79. The van der Waals surface area contributed by atoms with Gasteiger partial charge in [-0.3, -0.25) is 9.69 Å². The van der Waals surface area contributed by atoms with Crippen molar-refractivity contribution in [3.05, 3.63) is 47.5 Å². The Morgan fingerprint density at radius 3 is 2.67 bits per heavy atom. The first-order valence-electron chi connectivity index (χ1n) is 9.43. The smallest absolute Gasteiger partial charge is 0.236 e. The number of aromatic nitrogens is 3. The quantitative estimate of drug-likeness (QED) is 0.823. The van der Waals surface area contributed by atoms with Crippen molar-refractivity contribution in [2.45, 2.75) is 31.7 Å². The Morgan fingerprint density at radius 1 is 1.30 bits per heavy atom. The molecule has 1 aromatic carbocycles. The zero-order chi connectivity index (χ0) is 19.4. The van der Waals surface area contributed by atoms with Crippen molar-refractivity contribution in [3.8, 4) is 0 Å². The van der Waals surface area contributed by atoms with Gasteiger partial charge in [-0.15, -0.1) is 10.2 Å². The van der Waals surface area contributed by atoms with E-state index in [0.29, 0.717) is 19.6 Å². The lowest BCUT2D eigenvalue weighted by Gasteiger charge is -2.42. The predicted molar refractivity (Wildman–Crippen MR) is 103 cm³/mol. The molecule has 0 saturated carbocycles. The van der Waals surface area contributed by atoms with Crippen molar-refractivity contribution in [3.63, 3.8) is 0 Å². The van der Waals surface area contributed by atoms with Crippen LogP contribution < -0.4 is 0 Å². The second-order valence-electron chi connectivity index (χ2n) is 7.62. The monoisotopic (exact) mass is 371 g/mol. The maximum atomic E-state index is 12.9. The molecule has 3 rings (SSSR count). The lowest BCUT2D eigenvalue weighted by atomic mass is 9.74. The number of likely N-dealkylation sites (tertiary alicyclic amines) is 1. The molecular formula is C20H29N5O2. The SMILES string of the molecule is Cc1nnc(CN(C)CC(=O)N2CCCC(CO)(c3ccccc3)C2)n1C. The fraction of sp³-hybridized carbons (Fsp3) is 0.550. The van der Waals surface area contributed by atoms with E-state index in [2.05, 4.69) is 10.2 Å². The molecule has 7 nitrogen and oxygen atoms in total. The number of amides is 1. The highest BCUT2D eigenvalue weighted by atomic mass is 16.3. The molecule has 2 heterocycles. The van der Waals surface area contributed by atoms with Crippen molar-refractivity contribution < 1.29 is 9.90 Å². The second-order valence-corrected chi connectivity index (χ2v) is 7.62. The van der Waals surface area contributed by atoms with Gasteiger partial charge < -0.3 is 14.6 Å². The average molecular weight is 371 g/mol. The predicted octanol–water partition coefficient (Wildman–Crippen LogP) is 1.11. The Morgan fingerprint density at radius 2 is 2.04 bits per heavy atom. The molecule has 1 N–H and O–H groups in total. The number of benzene rings is 1. The molecule has 2 aromatic rings. The number of carbonyl (C=O) groups is 1. The van der Waals surface area contributed by atoms with Crippen LogP contribution in [0.4, 0.5) is 0 Å². The lowest BCUT2D eigenvalue weighted by molar-refractivity contribution is -0.135. The second kappa shape index (κ2) is 8.19. The fourth-order valence-corrected chi connectivity index (χ4v) is 3.81. The third kappa shape index (κ3) is 4.20. The van der Waals surface area contributed by atoms with Crippen LogP contribution in [0.1, 0.15) is 30.1 Å². The molecule has 1 fully saturated rings. The van der Waals surface area contributed by atoms with Gasteiger partial charge in [-0.1, -0.05) is 30.3 Å². The standard InChI is InChI=1S/C20H29N5O2/c1-16-21-22-18(24(16)3)12-23(2)13-19(27)25-11-7-10-20(14-25,15-26)17-8-5-4-6-9-17/h4-6,8-9,26H,7,10-15H2,1-3H3. The zero-order valence-corrected chi connectivity index (χ0v) is 16.4. The van der Waals surface area contributed by atoms with Crippen LogP contribution in [0, 0.1) is 6.92 Å². The maximum Gasteiger partial charge on any atom is 0.236 e. The minimum atomic E-state index is -0.367. The molecular weight excluding hydrogens is 342 g/mol. The summed E-state index contributed by atoms with van der Waals surface area (Å²) in [5.74, 6) is 1.79. The topological polar surface area (TPSA) is 74.5 Å².